The van der Waals surface area contributed by atoms with E-state index in [2.05, 4.69) is 10.3 Å². The number of nitro groups is 1. The van der Waals surface area contributed by atoms with Gasteiger partial charge >= 0.3 is 0 Å². The summed E-state index contributed by atoms with van der Waals surface area (Å²) in [4.78, 5) is 14.9. The molecule has 1 atom stereocenters. The highest BCUT2D eigenvalue weighted by molar-refractivity contribution is 5.99. The number of hydrogen-bond donors (Lipinski definition) is 2. The first-order chi connectivity index (χ1) is 9.90. The molecule has 2 N–H and O–H groups in total. The van der Waals surface area contributed by atoms with Crippen LogP contribution in [0.4, 0.5) is 11.4 Å². The van der Waals surface area contributed by atoms with Gasteiger partial charge in [0, 0.05) is 29.0 Å². The van der Waals surface area contributed by atoms with E-state index >= 15 is 0 Å². The Labute approximate surface area is 123 Å². The molecule has 1 unspecified atom stereocenters. The molecule has 6 heteroatoms. The first kappa shape index (κ1) is 15.2. The molecular weight excluding hydrogens is 270 g/mol. The molecule has 21 heavy (non-hydrogen) atoms. The molecule has 1 aromatic heterocycles. The van der Waals surface area contributed by atoms with Crippen LogP contribution in [0.15, 0.2) is 24.4 Å². The Morgan fingerprint density at radius 2 is 2.14 bits per heavy atom. The van der Waals surface area contributed by atoms with E-state index < -0.39 is 10.5 Å². The summed E-state index contributed by atoms with van der Waals surface area (Å²) in [6.45, 7) is 5.71. The van der Waals surface area contributed by atoms with Gasteiger partial charge in [-0.3, -0.25) is 15.1 Å². The standard InChI is InChI=1S/C15H19N3O3/c1-4-15(3,9-19)17-13-5-6-14(18(20)21)12-8-16-10(2)7-11(12)13/h5-8,17,19H,4,9H2,1-3H3. The lowest BCUT2D eigenvalue weighted by Crippen LogP contribution is -2.38. The normalized spacial score (nSPS) is 13.9. The van der Waals surface area contributed by atoms with Crippen molar-refractivity contribution in [2.45, 2.75) is 32.7 Å². The molecule has 0 fully saturated rings. The zero-order valence-electron chi connectivity index (χ0n) is 12.4. The van der Waals surface area contributed by atoms with Gasteiger partial charge in [0.05, 0.1) is 22.5 Å². The number of nitro benzene ring substituents is 1. The van der Waals surface area contributed by atoms with Gasteiger partial charge in [-0.1, -0.05) is 6.92 Å². The second-order valence-electron chi connectivity index (χ2n) is 5.46. The highest BCUT2D eigenvalue weighted by atomic mass is 16.6. The van der Waals surface area contributed by atoms with Gasteiger partial charge in [-0.25, -0.2) is 0 Å². The van der Waals surface area contributed by atoms with Crippen LogP contribution in [0, 0.1) is 17.0 Å². The molecule has 0 saturated carbocycles. The minimum absolute atomic E-state index is 0.0218. The molecule has 0 saturated heterocycles. The zero-order chi connectivity index (χ0) is 15.6. The fraction of sp³-hybridized carbons (Fsp3) is 0.400. The number of aliphatic hydroxyl groups excluding tert-OH is 1. The van der Waals surface area contributed by atoms with Gasteiger partial charge < -0.3 is 10.4 Å². The van der Waals surface area contributed by atoms with Gasteiger partial charge in [0.15, 0.2) is 0 Å². The number of nitrogens with zero attached hydrogens (tertiary/aromatic N) is 2. The first-order valence-corrected chi connectivity index (χ1v) is 6.83. The summed E-state index contributed by atoms with van der Waals surface area (Å²) in [6, 6.07) is 4.97. The predicted octanol–water partition coefficient (Wildman–Crippen LogP) is 3.02. The molecule has 0 aliphatic carbocycles. The second kappa shape index (κ2) is 5.65. The van der Waals surface area contributed by atoms with Crippen molar-refractivity contribution in [2.75, 3.05) is 11.9 Å². The van der Waals surface area contributed by atoms with Gasteiger partial charge in [-0.05, 0) is 32.4 Å². The van der Waals surface area contributed by atoms with Crippen molar-refractivity contribution in [3.63, 3.8) is 0 Å². The van der Waals surface area contributed by atoms with E-state index in [4.69, 9.17) is 0 Å². The summed E-state index contributed by atoms with van der Waals surface area (Å²) >= 11 is 0. The van der Waals surface area contributed by atoms with E-state index in [-0.39, 0.29) is 12.3 Å². The minimum Gasteiger partial charge on any atom is -0.394 e. The number of aliphatic hydroxyl groups is 1. The minimum atomic E-state index is -0.472. The van der Waals surface area contributed by atoms with Crippen molar-refractivity contribution in [3.05, 3.63) is 40.2 Å². The number of non-ortho nitro benzene ring substituents is 1. The van der Waals surface area contributed by atoms with E-state index in [1.54, 1.807) is 6.07 Å². The first-order valence-electron chi connectivity index (χ1n) is 6.83. The predicted molar refractivity (Wildman–Crippen MR) is 82.5 cm³/mol. The molecule has 2 aromatic rings. The molecule has 0 aliphatic rings. The average molecular weight is 289 g/mol. The van der Waals surface area contributed by atoms with E-state index in [0.717, 1.165) is 23.2 Å². The third-order valence-corrected chi connectivity index (χ3v) is 3.78. The Bertz CT molecular complexity index is 681. The third kappa shape index (κ3) is 2.95. The highest BCUT2D eigenvalue weighted by Crippen LogP contribution is 2.33. The van der Waals surface area contributed by atoms with Gasteiger partial charge in [0.25, 0.3) is 5.69 Å². The molecule has 2 rings (SSSR count). The molecule has 112 valence electrons. The zero-order valence-corrected chi connectivity index (χ0v) is 12.4. The molecule has 1 aromatic carbocycles. The Kier molecular flexibility index (Phi) is 4.09. The molecule has 6 nitrogen and oxygen atoms in total. The summed E-state index contributed by atoms with van der Waals surface area (Å²) in [6.07, 6.45) is 2.25. The number of fused-ring (bicyclic) bond motifs is 1. The van der Waals surface area contributed by atoms with Gasteiger partial charge in [-0.2, -0.15) is 0 Å². The quantitative estimate of drug-likeness (QED) is 0.652. The SMILES string of the molecule is CCC(C)(CO)Nc1ccc([N+](=O)[O-])c2cnc(C)cc12. The van der Waals surface area contributed by atoms with E-state index in [9.17, 15) is 15.2 Å². The van der Waals surface area contributed by atoms with Crippen molar-refractivity contribution in [1.29, 1.82) is 0 Å². The van der Waals surface area contributed by atoms with Crippen LogP contribution in [-0.4, -0.2) is 27.2 Å². The van der Waals surface area contributed by atoms with Crippen molar-refractivity contribution in [3.8, 4) is 0 Å². The maximum atomic E-state index is 11.1. The average Bonchev–Trinajstić information content (AvgIpc) is 2.47. The number of benzene rings is 1. The van der Waals surface area contributed by atoms with Crippen LogP contribution in [0.3, 0.4) is 0 Å². The number of aromatic nitrogens is 1. The van der Waals surface area contributed by atoms with Crippen LogP contribution in [0.1, 0.15) is 26.0 Å². The monoisotopic (exact) mass is 289 g/mol. The van der Waals surface area contributed by atoms with Gasteiger partial charge in [0.2, 0.25) is 0 Å². The van der Waals surface area contributed by atoms with Crippen LogP contribution in [0.2, 0.25) is 0 Å². The molecule has 0 aliphatic heterocycles. The van der Waals surface area contributed by atoms with Crippen LogP contribution < -0.4 is 5.32 Å². The third-order valence-electron chi connectivity index (χ3n) is 3.78. The van der Waals surface area contributed by atoms with Gasteiger partial charge in [0.1, 0.15) is 0 Å². The summed E-state index contributed by atoms with van der Waals surface area (Å²) in [5, 5.41) is 25.2. The van der Waals surface area contributed by atoms with E-state index in [1.165, 1.54) is 12.3 Å². The number of nitrogens with one attached hydrogen (secondary N) is 1. The number of anilines is 1. The van der Waals surface area contributed by atoms with Crippen LogP contribution in [-0.2, 0) is 0 Å². The Hall–Kier alpha value is -2.21. The fourth-order valence-electron chi connectivity index (χ4n) is 2.16. The summed E-state index contributed by atoms with van der Waals surface area (Å²) in [7, 11) is 0. The van der Waals surface area contributed by atoms with Crippen molar-refractivity contribution >= 4 is 22.1 Å². The lowest BCUT2D eigenvalue weighted by Gasteiger charge is -2.29. The molecule has 1 heterocycles. The van der Waals surface area contributed by atoms with Crippen LogP contribution in [0.5, 0.6) is 0 Å². The topological polar surface area (TPSA) is 88.3 Å². The maximum Gasteiger partial charge on any atom is 0.278 e. The fourth-order valence-corrected chi connectivity index (χ4v) is 2.16. The Morgan fingerprint density at radius 3 is 2.71 bits per heavy atom. The molecular formula is C15H19N3O3. The molecule has 0 bridgehead atoms. The number of aryl methyl sites for hydroxylation is 1. The Morgan fingerprint density at radius 1 is 1.43 bits per heavy atom. The maximum absolute atomic E-state index is 11.1. The van der Waals surface area contributed by atoms with E-state index in [0.29, 0.717) is 5.39 Å². The van der Waals surface area contributed by atoms with Crippen molar-refractivity contribution in [2.24, 2.45) is 0 Å². The molecule has 0 amide bonds. The van der Waals surface area contributed by atoms with E-state index in [1.807, 2.05) is 26.8 Å². The van der Waals surface area contributed by atoms with Crippen LogP contribution >= 0.6 is 0 Å². The molecule has 0 radical (unpaired) electrons. The Balaban J connectivity index is 2.63. The van der Waals surface area contributed by atoms with Crippen molar-refractivity contribution in [1.82, 2.24) is 4.98 Å². The van der Waals surface area contributed by atoms with Gasteiger partial charge in [-0.15, -0.1) is 0 Å². The number of hydrogen-bond acceptors (Lipinski definition) is 5. The molecule has 0 spiro atoms. The smallest absolute Gasteiger partial charge is 0.278 e. The largest absolute Gasteiger partial charge is 0.394 e. The summed E-state index contributed by atoms with van der Waals surface area (Å²) in [5.41, 5.74) is 1.11. The van der Waals surface area contributed by atoms with Crippen molar-refractivity contribution < 1.29 is 10.0 Å². The highest BCUT2D eigenvalue weighted by Gasteiger charge is 2.23. The summed E-state index contributed by atoms with van der Waals surface area (Å²) in [5.74, 6) is 0. The van der Waals surface area contributed by atoms with Crippen LogP contribution in [0.25, 0.3) is 10.8 Å². The lowest BCUT2D eigenvalue weighted by atomic mass is 9.98. The second-order valence-corrected chi connectivity index (χ2v) is 5.46. The summed E-state index contributed by atoms with van der Waals surface area (Å²) < 4.78 is 0. The lowest BCUT2D eigenvalue weighted by molar-refractivity contribution is -0.383. The number of rotatable bonds is 5. The number of pyridine rings is 1.